The Morgan fingerprint density at radius 1 is 1.30 bits per heavy atom. The maximum atomic E-state index is 14.6. The Morgan fingerprint density at radius 2 is 2.05 bits per heavy atom. The molecule has 4 rings (SSSR count). The lowest BCUT2D eigenvalue weighted by Gasteiger charge is -2.34. The molecular weight excluding hydrogens is 533 g/mol. The number of hydrazone groups is 1. The van der Waals surface area contributed by atoms with Gasteiger partial charge in [0, 0.05) is 38.7 Å². The number of aromatic nitrogens is 1. The number of nitrogens with zero attached hydrogens (tertiary/aromatic N) is 4. The van der Waals surface area contributed by atoms with E-state index in [1.54, 1.807) is 24.2 Å². The summed E-state index contributed by atoms with van der Waals surface area (Å²) in [5.74, 6) is 0.0374. The second kappa shape index (κ2) is 11.6. The topological polar surface area (TPSA) is 104 Å². The highest BCUT2D eigenvalue weighted by molar-refractivity contribution is 8.05. The quantitative estimate of drug-likeness (QED) is 0.533. The van der Waals surface area contributed by atoms with E-state index < -0.39 is 21.7 Å². The predicted octanol–water partition coefficient (Wildman–Crippen LogP) is 5.06. The molecule has 1 aromatic carbocycles. The number of fused-ring (bicyclic) bond motifs is 4. The zero-order chi connectivity index (χ0) is 29.2. The summed E-state index contributed by atoms with van der Waals surface area (Å²) >= 11 is 0. The third kappa shape index (κ3) is 6.63. The average molecular weight is 574 g/mol. The molecule has 2 aliphatic rings. The van der Waals surface area contributed by atoms with Crippen LogP contribution in [-0.4, -0.2) is 61.6 Å². The van der Waals surface area contributed by atoms with Crippen LogP contribution in [0.15, 0.2) is 48.1 Å². The number of hydrogen-bond acceptors (Lipinski definition) is 8. The zero-order valence-electron chi connectivity index (χ0n) is 23.8. The van der Waals surface area contributed by atoms with Gasteiger partial charge in [-0.2, -0.15) is 13.5 Å². The van der Waals surface area contributed by atoms with Crippen molar-refractivity contribution in [2.24, 2.45) is 16.9 Å². The van der Waals surface area contributed by atoms with Gasteiger partial charge in [0.25, 0.3) is 15.9 Å². The molecule has 218 valence electrons. The summed E-state index contributed by atoms with van der Waals surface area (Å²) in [6.45, 7) is 13.4. The van der Waals surface area contributed by atoms with Crippen LogP contribution in [0.2, 0.25) is 0 Å². The lowest BCUT2D eigenvalue weighted by Crippen LogP contribution is -2.41. The highest BCUT2D eigenvalue weighted by Gasteiger charge is 2.41. The molecule has 0 unspecified atom stereocenters. The molecule has 0 aliphatic carbocycles. The molecule has 2 bridgehead atoms. The minimum atomic E-state index is -4.30. The van der Waals surface area contributed by atoms with Gasteiger partial charge in [-0.15, -0.1) is 0 Å². The molecule has 1 saturated heterocycles. The van der Waals surface area contributed by atoms with Crippen molar-refractivity contribution in [1.82, 2.24) is 14.7 Å². The van der Waals surface area contributed by atoms with Crippen LogP contribution in [-0.2, 0) is 10.0 Å². The number of pyridine rings is 1. The number of sulfonamides is 1. The predicted molar refractivity (Wildman–Crippen MR) is 157 cm³/mol. The molecule has 1 fully saturated rings. The molecular formula is C29H40FN5O4S. The molecule has 1 amide bonds. The average Bonchev–Trinajstić information content (AvgIpc) is 3.18. The van der Waals surface area contributed by atoms with Crippen LogP contribution in [0.25, 0.3) is 11.3 Å². The summed E-state index contributed by atoms with van der Waals surface area (Å²) in [5, 5.41) is 5.38. The van der Waals surface area contributed by atoms with E-state index in [1.807, 2.05) is 13.8 Å². The molecule has 2 aliphatic heterocycles. The van der Waals surface area contributed by atoms with Gasteiger partial charge in [-0.25, -0.2) is 14.1 Å². The van der Waals surface area contributed by atoms with Gasteiger partial charge in [0.05, 0.1) is 17.9 Å². The van der Waals surface area contributed by atoms with Crippen molar-refractivity contribution in [2.45, 2.75) is 52.5 Å². The van der Waals surface area contributed by atoms with E-state index in [0.29, 0.717) is 48.4 Å². The molecule has 11 heteroatoms. The summed E-state index contributed by atoms with van der Waals surface area (Å²) in [4.78, 5) is 20.4. The van der Waals surface area contributed by atoms with Gasteiger partial charge in [0.2, 0.25) is 0 Å². The van der Waals surface area contributed by atoms with E-state index in [1.165, 1.54) is 18.2 Å². The first-order chi connectivity index (χ1) is 18.8. The van der Waals surface area contributed by atoms with E-state index >= 15 is 0 Å². The minimum Gasteiger partial charge on any atom is -0.493 e. The maximum absolute atomic E-state index is 14.6. The molecule has 0 radical (unpaired) electrons. The van der Waals surface area contributed by atoms with Crippen molar-refractivity contribution in [1.29, 1.82) is 0 Å². The molecule has 2 aromatic rings. The molecule has 9 nitrogen and oxygen atoms in total. The first kappa shape index (κ1) is 29.5. The highest BCUT2D eigenvalue weighted by atomic mass is 32.2. The van der Waals surface area contributed by atoms with Crippen LogP contribution in [0.4, 0.5) is 10.2 Å². The fourth-order valence-corrected chi connectivity index (χ4v) is 6.19. The molecule has 0 spiro atoms. The van der Waals surface area contributed by atoms with Crippen LogP contribution in [0.1, 0.15) is 58.7 Å². The second-order valence-electron chi connectivity index (χ2n) is 11.5. The number of anilines is 1. The van der Waals surface area contributed by atoms with Crippen molar-refractivity contribution >= 4 is 26.8 Å². The van der Waals surface area contributed by atoms with E-state index in [2.05, 4.69) is 35.1 Å². The molecule has 40 heavy (non-hydrogen) atoms. The van der Waals surface area contributed by atoms with Gasteiger partial charge in [-0.05, 0) is 75.3 Å². The van der Waals surface area contributed by atoms with Crippen molar-refractivity contribution in [2.75, 3.05) is 31.6 Å². The number of carbonyl (C=O) groups is 1. The van der Waals surface area contributed by atoms with Gasteiger partial charge in [0.1, 0.15) is 17.4 Å². The fraction of sp³-hybridized carbons (Fsp3) is 0.483. The molecule has 0 saturated carbocycles. The Balaban J connectivity index is 0.00000462. The van der Waals surface area contributed by atoms with Crippen LogP contribution in [0, 0.1) is 17.7 Å². The monoisotopic (exact) mass is 573 g/mol. The summed E-state index contributed by atoms with van der Waals surface area (Å²) in [7, 11) is -2.60. The fourth-order valence-electron chi connectivity index (χ4n) is 5.26. The lowest BCUT2D eigenvalue weighted by molar-refractivity contribution is 0.0982. The standard InChI is InChI=1S/C29H38FN5O4S.H2/c1-7-26-32-34(6)12-8-9-20-16-29(4,5)35(17-20)27-24(28(36)33-40(26,37)38)10-11-25(31-27)21-13-22(30)15-23(14-21)39-18-19(2)3;/h7,10-11,13-15,19-20H,1,8-9,12,16-18H2,2-6H3,(H,33,36);1H/b32-26+;/t20-;/m0./s1. The number of amides is 1. The van der Waals surface area contributed by atoms with Crippen LogP contribution in [0.5, 0.6) is 5.75 Å². The second-order valence-corrected chi connectivity index (χ2v) is 13.2. The van der Waals surface area contributed by atoms with Gasteiger partial charge < -0.3 is 9.64 Å². The summed E-state index contributed by atoms with van der Waals surface area (Å²) < 4.78 is 48.6. The Labute approximate surface area is 237 Å². The van der Waals surface area contributed by atoms with E-state index in [0.717, 1.165) is 25.3 Å². The van der Waals surface area contributed by atoms with E-state index in [-0.39, 0.29) is 23.5 Å². The summed E-state index contributed by atoms with van der Waals surface area (Å²) in [6.07, 6.45) is 3.70. The first-order valence-electron chi connectivity index (χ1n) is 13.5. The number of benzene rings is 1. The van der Waals surface area contributed by atoms with Gasteiger partial charge in [0.15, 0.2) is 5.04 Å². The minimum absolute atomic E-state index is 0. The Bertz CT molecular complexity index is 1430. The van der Waals surface area contributed by atoms with Crippen LogP contribution in [0.3, 0.4) is 0 Å². The number of carbonyl (C=O) groups excluding carboxylic acids is 1. The maximum Gasteiger partial charge on any atom is 0.283 e. The van der Waals surface area contributed by atoms with E-state index in [4.69, 9.17) is 9.72 Å². The SMILES string of the molecule is C=C/C1=N\N(C)CCC[C@@H]2CN(c3nc(-c4cc(F)cc(OCC(C)C)c4)ccc3C(=O)NS1(=O)=O)C(C)(C)C2.[HH]. The lowest BCUT2D eigenvalue weighted by atomic mass is 9.93. The van der Waals surface area contributed by atoms with Crippen LogP contribution >= 0.6 is 0 Å². The smallest absolute Gasteiger partial charge is 0.283 e. The first-order valence-corrected chi connectivity index (χ1v) is 15.0. The van der Waals surface area contributed by atoms with Crippen molar-refractivity contribution < 1.29 is 23.8 Å². The van der Waals surface area contributed by atoms with Gasteiger partial charge in [-0.3, -0.25) is 9.80 Å². The molecule has 1 atom stereocenters. The Morgan fingerprint density at radius 3 is 2.75 bits per heavy atom. The third-order valence-electron chi connectivity index (χ3n) is 7.13. The highest BCUT2D eigenvalue weighted by Crippen LogP contribution is 2.40. The number of nitrogens with one attached hydrogen (secondary N) is 1. The normalized spacial score (nSPS) is 22.1. The summed E-state index contributed by atoms with van der Waals surface area (Å²) in [6, 6.07) is 7.54. The van der Waals surface area contributed by atoms with Crippen molar-refractivity contribution in [3.8, 4) is 17.0 Å². The van der Waals surface area contributed by atoms with E-state index in [9.17, 15) is 17.6 Å². The summed E-state index contributed by atoms with van der Waals surface area (Å²) in [5.41, 5.74) is 0.680. The largest absolute Gasteiger partial charge is 0.493 e. The number of hydrogen-bond donors (Lipinski definition) is 1. The van der Waals surface area contributed by atoms with Crippen molar-refractivity contribution in [3.63, 3.8) is 0 Å². The van der Waals surface area contributed by atoms with Gasteiger partial charge >= 0.3 is 0 Å². The van der Waals surface area contributed by atoms with Crippen LogP contribution < -0.4 is 14.4 Å². The number of ether oxygens (including phenoxy) is 1. The molecule has 3 heterocycles. The molecule has 1 aromatic heterocycles. The zero-order valence-corrected chi connectivity index (χ0v) is 24.6. The number of rotatable bonds is 5. The van der Waals surface area contributed by atoms with Gasteiger partial charge in [-0.1, -0.05) is 20.4 Å². The van der Waals surface area contributed by atoms with Crippen molar-refractivity contribution in [3.05, 3.63) is 54.4 Å². The Kier molecular flexibility index (Phi) is 8.53. The number of halogens is 1. The molecule has 1 N–H and O–H groups in total. The third-order valence-corrected chi connectivity index (χ3v) is 8.38. The Hall–Kier alpha value is -3.47.